The number of nitrogens with one attached hydrogen (secondary N) is 1. The van der Waals surface area contributed by atoms with Crippen LogP contribution in [0.15, 0.2) is 22.6 Å². The molecule has 0 spiro atoms. The Morgan fingerprint density at radius 2 is 1.95 bits per heavy atom. The van der Waals surface area contributed by atoms with E-state index in [4.69, 9.17) is 9.52 Å². The summed E-state index contributed by atoms with van der Waals surface area (Å²) in [6.07, 6.45) is 1.27. The number of aliphatic hydroxyl groups is 1. The van der Waals surface area contributed by atoms with Gasteiger partial charge in [0.2, 0.25) is 0 Å². The number of hydrogen-bond acceptors (Lipinski definition) is 3. The second kappa shape index (κ2) is 5.90. The molecule has 4 nitrogen and oxygen atoms in total. The van der Waals surface area contributed by atoms with Crippen molar-refractivity contribution in [3.63, 3.8) is 0 Å². The van der Waals surface area contributed by atoms with Crippen molar-refractivity contribution in [1.82, 2.24) is 5.32 Å². The first-order valence-electron chi connectivity index (χ1n) is 7.32. The lowest BCUT2D eigenvalue weighted by Crippen LogP contribution is -2.46. The molecule has 0 aliphatic rings. The van der Waals surface area contributed by atoms with Gasteiger partial charge in [0, 0.05) is 17.5 Å². The molecule has 0 aliphatic heterocycles. The molecule has 0 saturated carbocycles. The number of carbonyl (C=O) groups is 1. The number of rotatable bonds is 5. The molecule has 114 valence electrons. The van der Waals surface area contributed by atoms with Crippen LogP contribution in [0.25, 0.3) is 11.0 Å². The van der Waals surface area contributed by atoms with Crippen LogP contribution in [0.1, 0.15) is 48.4 Å². The van der Waals surface area contributed by atoms with Crippen LogP contribution in [0, 0.1) is 13.8 Å². The highest BCUT2D eigenvalue weighted by atomic mass is 16.3. The van der Waals surface area contributed by atoms with E-state index >= 15 is 0 Å². The number of hydrogen-bond donors (Lipinski definition) is 2. The summed E-state index contributed by atoms with van der Waals surface area (Å²) >= 11 is 0. The number of fused-ring (bicyclic) bond motifs is 1. The Morgan fingerprint density at radius 3 is 2.57 bits per heavy atom. The molecule has 0 fully saturated rings. The van der Waals surface area contributed by atoms with Crippen LogP contribution in [-0.2, 0) is 0 Å². The zero-order chi connectivity index (χ0) is 15.6. The van der Waals surface area contributed by atoms with E-state index in [9.17, 15) is 4.79 Å². The molecule has 2 rings (SSSR count). The number of furan rings is 1. The van der Waals surface area contributed by atoms with Gasteiger partial charge in [-0.1, -0.05) is 6.92 Å². The van der Waals surface area contributed by atoms with E-state index in [1.807, 2.05) is 39.8 Å². The number of aliphatic hydroxyl groups excluding tert-OH is 1. The lowest BCUT2D eigenvalue weighted by atomic mass is 9.95. The summed E-state index contributed by atoms with van der Waals surface area (Å²) < 4.78 is 5.66. The zero-order valence-corrected chi connectivity index (χ0v) is 13.1. The maximum Gasteiger partial charge on any atom is 0.287 e. The van der Waals surface area contributed by atoms with Crippen LogP contribution in [0.2, 0.25) is 0 Å². The van der Waals surface area contributed by atoms with Gasteiger partial charge in [0.25, 0.3) is 5.91 Å². The second-order valence-corrected chi connectivity index (χ2v) is 5.93. The molecule has 1 unspecified atom stereocenters. The monoisotopic (exact) mass is 289 g/mol. The summed E-state index contributed by atoms with van der Waals surface area (Å²) in [6.45, 7) is 8.02. The minimum atomic E-state index is -0.420. The van der Waals surface area contributed by atoms with E-state index in [0.29, 0.717) is 12.2 Å². The molecule has 21 heavy (non-hydrogen) atoms. The van der Waals surface area contributed by atoms with Crippen molar-refractivity contribution in [1.29, 1.82) is 0 Å². The van der Waals surface area contributed by atoms with Gasteiger partial charge >= 0.3 is 0 Å². The molecule has 2 N–H and O–H groups in total. The summed E-state index contributed by atoms with van der Waals surface area (Å²) in [6, 6.07) is 5.75. The van der Waals surface area contributed by atoms with Crippen LogP contribution >= 0.6 is 0 Å². The van der Waals surface area contributed by atoms with Gasteiger partial charge in [-0.05, 0) is 62.9 Å². The smallest absolute Gasteiger partial charge is 0.287 e. The van der Waals surface area contributed by atoms with E-state index in [0.717, 1.165) is 23.0 Å². The van der Waals surface area contributed by atoms with Gasteiger partial charge < -0.3 is 14.8 Å². The molecular formula is C17H23NO3. The number of aryl methyl sites for hydroxylation is 2. The maximum absolute atomic E-state index is 12.3. The third-order valence-corrected chi connectivity index (χ3v) is 4.22. The van der Waals surface area contributed by atoms with Crippen molar-refractivity contribution in [3.05, 3.63) is 35.1 Å². The number of benzene rings is 1. The largest absolute Gasteiger partial charge is 0.451 e. The van der Waals surface area contributed by atoms with Crippen LogP contribution in [0.4, 0.5) is 0 Å². The van der Waals surface area contributed by atoms with Crippen LogP contribution in [0.5, 0.6) is 0 Å². The van der Waals surface area contributed by atoms with Gasteiger partial charge in [-0.15, -0.1) is 0 Å². The molecule has 1 heterocycles. The van der Waals surface area contributed by atoms with Crippen LogP contribution < -0.4 is 5.32 Å². The molecule has 1 aromatic heterocycles. The van der Waals surface area contributed by atoms with Crippen molar-refractivity contribution in [2.45, 2.75) is 46.1 Å². The summed E-state index contributed by atoms with van der Waals surface area (Å²) in [7, 11) is 0. The first-order chi connectivity index (χ1) is 9.88. The minimum Gasteiger partial charge on any atom is -0.451 e. The second-order valence-electron chi connectivity index (χ2n) is 5.93. The van der Waals surface area contributed by atoms with Crippen molar-refractivity contribution in [3.8, 4) is 0 Å². The molecule has 0 saturated heterocycles. The van der Waals surface area contributed by atoms with Gasteiger partial charge in [0.15, 0.2) is 5.76 Å². The third-order valence-electron chi connectivity index (χ3n) is 4.22. The predicted molar refractivity (Wildman–Crippen MR) is 83.6 cm³/mol. The highest BCUT2D eigenvalue weighted by molar-refractivity contribution is 5.96. The highest BCUT2D eigenvalue weighted by Gasteiger charge is 2.25. The molecule has 0 aliphatic carbocycles. The van der Waals surface area contributed by atoms with Crippen molar-refractivity contribution < 1.29 is 14.3 Å². The Kier molecular flexibility index (Phi) is 4.37. The average molecular weight is 289 g/mol. The van der Waals surface area contributed by atoms with Crippen LogP contribution in [-0.4, -0.2) is 23.2 Å². The first-order valence-corrected chi connectivity index (χ1v) is 7.32. The number of amides is 1. The normalized spacial score (nSPS) is 14.1. The molecule has 1 atom stereocenters. The van der Waals surface area contributed by atoms with E-state index in [-0.39, 0.29) is 12.5 Å². The van der Waals surface area contributed by atoms with E-state index in [2.05, 4.69) is 5.32 Å². The summed E-state index contributed by atoms with van der Waals surface area (Å²) in [5.74, 6) is 0.0759. The molecule has 1 amide bonds. The predicted octanol–water partition coefficient (Wildman–Crippen LogP) is 3.33. The average Bonchev–Trinajstić information content (AvgIpc) is 2.82. The SMILES string of the molecule is CCC(C)(CCO)NC(=O)c1cc2cc(C)c(C)cc2o1. The van der Waals surface area contributed by atoms with Gasteiger partial charge in [-0.2, -0.15) is 0 Å². The fraction of sp³-hybridized carbons (Fsp3) is 0.471. The minimum absolute atomic E-state index is 0.0448. The molecule has 2 aromatic rings. The molecule has 1 aromatic carbocycles. The lowest BCUT2D eigenvalue weighted by Gasteiger charge is -2.28. The van der Waals surface area contributed by atoms with Crippen LogP contribution in [0.3, 0.4) is 0 Å². The Labute approximate surface area is 125 Å². The van der Waals surface area contributed by atoms with Crippen molar-refractivity contribution in [2.75, 3.05) is 6.61 Å². The standard InChI is InChI=1S/C17H23NO3/c1-5-17(4,6-7-19)18-16(20)15-10-13-8-11(2)12(3)9-14(13)21-15/h8-10,19H,5-7H2,1-4H3,(H,18,20). The molecule has 0 bridgehead atoms. The summed E-state index contributed by atoms with van der Waals surface area (Å²) in [5.41, 5.74) is 2.62. The Hall–Kier alpha value is -1.81. The fourth-order valence-corrected chi connectivity index (χ4v) is 2.32. The van der Waals surface area contributed by atoms with Crippen molar-refractivity contribution >= 4 is 16.9 Å². The highest BCUT2D eigenvalue weighted by Crippen LogP contribution is 2.24. The summed E-state index contributed by atoms with van der Waals surface area (Å²) in [4.78, 5) is 12.3. The number of carbonyl (C=O) groups excluding carboxylic acids is 1. The fourth-order valence-electron chi connectivity index (χ4n) is 2.32. The Morgan fingerprint density at radius 1 is 1.29 bits per heavy atom. The summed E-state index contributed by atoms with van der Waals surface area (Å²) in [5, 5.41) is 13.0. The first kappa shape index (κ1) is 15.6. The van der Waals surface area contributed by atoms with Gasteiger partial charge in [0.1, 0.15) is 5.58 Å². The van der Waals surface area contributed by atoms with Gasteiger partial charge in [-0.3, -0.25) is 4.79 Å². The maximum atomic E-state index is 12.3. The lowest BCUT2D eigenvalue weighted by molar-refractivity contribution is 0.0860. The Balaban J connectivity index is 2.27. The Bertz CT molecular complexity index is 620. The zero-order valence-electron chi connectivity index (χ0n) is 13.1. The van der Waals surface area contributed by atoms with E-state index in [1.165, 1.54) is 5.56 Å². The quantitative estimate of drug-likeness (QED) is 0.887. The van der Waals surface area contributed by atoms with E-state index in [1.54, 1.807) is 6.07 Å². The topological polar surface area (TPSA) is 62.5 Å². The molecule has 0 radical (unpaired) electrons. The molecule has 4 heteroatoms. The van der Waals surface area contributed by atoms with Crippen molar-refractivity contribution in [2.24, 2.45) is 0 Å². The van der Waals surface area contributed by atoms with Gasteiger partial charge in [0.05, 0.1) is 0 Å². The third kappa shape index (κ3) is 3.27. The molecular weight excluding hydrogens is 266 g/mol. The van der Waals surface area contributed by atoms with Gasteiger partial charge in [-0.25, -0.2) is 0 Å². The van der Waals surface area contributed by atoms with E-state index < -0.39 is 5.54 Å².